The number of aliphatic hydroxyl groups is 1. The third kappa shape index (κ3) is 1.16. The molecule has 1 aliphatic carbocycles. The zero-order chi connectivity index (χ0) is 5.11. The standard InChI is InChI=1S/C6H11O/c7-5-4-6-2-1-3-6/h1,6-7H,2-5H2. The predicted octanol–water partition coefficient (Wildman–Crippen LogP) is 0.983. The molecule has 0 heterocycles. The first kappa shape index (κ1) is 5.10. The minimum absolute atomic E-state index is 0.374. The van der Waals surface area contributed by atoms with Gasteiger partial charge in [-0.2, -0.15) is 0 Å². The van der Waals surface area contributed by atoms with E-state index in [1.165, 1.54) is 12.8 Å². The molecule has 1 saturated carbocycles. The molecule has 0 aliphatic heterocycles. The fraction of sp³-hybridized carbons (Fsp3) is 0.833. The molecule has 1 fully saturated rings. The van der Waals surface area contributed by atoms with Crippen LogP contribution in [0.1, 0.15) is 19.3 Å². The highest BCUT2D eigenvalue weighted by Gasteiger charge is 2.15. The average molecular weight is 99.2 g/mol. The molecule has 0 aromatic carbocycles. The monoisotopic (exact) mass is 99.1 g/mol. The number of rotatable bonds is 2. The molecule has 7 heavy (non-hydrogen) atoms. The van der Waals surface area contributed by atoms with E-state index in [9.17, 15) is 0 Å². The summed E-state index contributed by atoms with van der Waals surface area (Å²) in [6, 6.07) is 0. The normalized spacial score (nSPS) is 21.9. The van der Waals surface area contributed by atoms with Crippen LogP contribution in [0.2, 0.25) is 0 Å². The molecule has 1 radical (unpaired) electrons. The molecule has 0 amide bonds. The molecule has 1 rings (SSSR count). The third-order valence-electron chi connectivity index (χ3n) is 1.54. The van der Waals surface area contributed by atoms with Crippen LogP contribution in [0.5, 0.6) is 0 Å². The summed E-state index contributed by atoms with van der Waals surface area (Å²) in [6.45, 7) is 0.374. The summed E-state index contributed by atoms with van der Waals surface area (Å²) in [5, 5.41) is 8.39. The van der Waals surface area contributed by atoms with Crippen LogP contribution in [0, 0.1) is 12.3 Å². The first-order valence-corrected chi connectivity index (χ1v) is 2.86. The lowest BCUT2D eigenvalue weighted by atomic mass is 9.83. The highest BCUT2D eigenvalue weighted by Crippen LogP contribution is 2.27. The van der Waals surface area contributed by atoms with Gasteiger partial charge in [-0.25, -0.2) is 0 Å². The second-order valence-corrected chi connectivity index (χ2v) is 2.14. The molecule has 0 atom stereocenters. The summed E-state index contributed by atoms with van der Waals surface area (Å²) < 4.78 is 0. The molecule has 1 nitrogen and oxygen atoms in total. The third-order valence-corrected chi connectivity index (χ3v) is 1.54. The predicted molar refractivity (Wildman–Crippen MR) is 28.7 cm³/mol. The Hall–Kier alpha value is -0.0400. The van der Waals surface area contributed by atoms with Crippen molar-refractivity contribution in [3.05, 3.63) is 6.42 Å². The first-order chi connectivity index (χ1) is 3.43. The molecular formula is C6H11O. The van der Waals surface area contributed by atoms with Crippen molar-refractivity contribution in [1.82, 2.24) is 0 Å². The van der Waals surface area contributed by atoms with Gasteiger partial charge in [-0.15, -0.1) is 0 Å². The van der Waals surface area contributed by atoms with Crippen LogP contribution in [0.3, 0.4) is 0 Å². The Morgan fingerprint density at radius 1 is 1.57 bits per heavy atom. The minimum atomic E-state index is 0.374. The maximum Gasteiger partial charge on any atom is 0.0433 e. The van der Waals surface area contributed by atoms with Gasteiger partial charge in [0.25, 0.3) is 0 Å². The van der Waals surface area contributed by atoms with E-state index in [0.717, 1.165) is 12.3 Å². The number of hydrogen-bond donors (Lipinski definition) is 1. The van der Waals surface area contributed by atoms with Crippen LogP contribution in [-0.2, 0) is 0 Å². The molecule has 1 N–H and O–H groups in total. The Morgan fingerprint density at radius 3 is 2.43 bits per heavy atom. The van der Waals surface area contributed by atoms with Crippen LogP contribution in [0.15, 0.2) is 0 Å². The summed E-state index contributed by atoms with van der Waals surface area (Å²) in [4.78, 5) is 0. The maximum absolute atomic E-state index is 8.39. The van der Waals surface area contributed by atoms with Crippen molar-refractivity contribution in [2.24, 2.45) is 5.92 Å². The minimum Gasteiger partial charge on any atom is -0.396 e. The van der Waals surface area contributed by atoms with Crippen LogP contribution in [0.25, 0.3) is 0 Å². The van der Waals surface area contributed by atoms with Gasteiger partial charge in [0, 0.05) is 6.61 Å². The van der Waals surface area contributed by atoms with Crippen molar-refractivity contribution in [2.45, 2.75) is 19.3 Å². The molecule has 1 heteroatoms. The van der Waals surface area contributed by atoms with E-state index < -0.39 is 0 Å². The quantitative estimate of drug-likeness (QED) is 0.547. The fourth-order valence-corrected chi connectivity index (χ4v) is 0.821. The smallest absolute Gasteiger partial charge is 0.0433 e. The van der Waals surface area contributed by atoms with E-state index in [1.54, 1.807) is 0 Å². The van der Waals surface area contributed by atoms with E-state index in [-0.39, 0.29) is 0 Å². The summed E-state index contributed by atoms with van der Waals surface area (Å²) in [5.74, 6) is 0.824. The summed E-state index contributed by atoms with van der Waals surface area (Å²) in [5.41, 5.74) is 0. The highest BCUT2D eigenvalue weighted by molar-refractivity contribution is 4.84. The Morgan fingerprint density at radius 2 is 2.29 bits per heavy atom. The summed E-state index contributed by atoms with van der Waals surface area (Å²) in [6.07, 6.45) is 5.75. The zero-order valence-electron chi connectivity index (χ0n) is 4.43. The Kier molecular flexibility index (Phi) is 1.69. The molecule has 0 aromatic rings. The van der Waals surface area contributed by atoms with E-state index in [1.807, 2.05) is 0 Å². The van der Waals surface area contributed by atoms with Crippen molar-refractivity contribution >= 4 is 0 Å². The number of hydrogen-bond acceptors (Lipinski definition) is 1. The molecule has 0 bridgehead atoms. The average Bonchev–Trinajstić information content (AvgIpc) is 1.55. The molecule has 41 valence electrons. The highest BCUT2D eigenvalue weighted by atomic mass is 16.3. The van der Waals surface area contributed by atoms with Crippen LogP contribution in [-0.4, -0.2) is 11.7 Å². The van der Waals surface area contributed by atoms with Crippen molar-refractivity contribution < 1.29 is 5.11 Å². The van der Waals surface area contributed by atoms with Gasteiger partial charge >= 0.3 is 0 Å². The maximum atomic E-state index is 8.39. The van der Waals surface area contributed by atoms with Crippen molar-refractivity contribution in [3.63, 3.8) is 0 Å². The molecular weight excluding hydrogens is 88.1 g/mol. The molecule has 1 aliphatic rings. The second-order valence-electron chi connectivity index (χ2n) is 2.14. The van der Waals surface area contributed by atoms with Crippen molar-refractivity contribution in [3.8, 4) is 0 Å². The molecule has 0 saturated heterocycles. The van der Waals surface area contributed by atoms with E-state index in [0.29, 0.717) is 6.61 Å². The molecule has 0 unspecified atom stereocenters. The van der Waals surface area contributed by atoms with Gasteiger partial charge < -0.3 is 5.11 Å². The summed E-state index contributed by atoms with van der Waals surface area (Å²) >= 11 is 0. The van der Waals surface area contributed by atoms with Gasteiger partial charge in [-0.1, -0.05) is 0 Å². The van der Waals surface area contributed by atoms with Gasteiger partial charge in [0.2, 0.25) is 0 Å². The van der Waals surface area contributed by atoms with Crippen molar-refractivity contribution in [2.75, 3.05) is 6.61 Å². The van der Waals surface area contributed by atoms with E-state index >= 15 is 0 Å². The van der Waals surface area contributed by atoms with Gasteiger partial charge in [0.1, 0.15) is 0 Å². The van der Waals surface area contributed by atoms with Crippen LogP contribution < -0.4 is 0 Å². The van der Waals surface area contributed by atoms with Crippen LogP contribution in [0.4, 0.5) is 0 Å². The zero-order valence-corrected chi connectivity index (χ0v) is 4.43. The Balaban J connectivity index is 1.93. The second kappa shape index (κ2) is 2.31. The number of aliphatic hydroxyl groups excluding tert-OH is 1. The van der Waals surface area contributed by atoms with E-state index in [2.05, 4.69) is 6.42 Å². The summed E-state index contributed by atoms with van der Waals surface area (Å²) in [7, 11) is 0. The first-order valence-electron chi connectivity index (χ1n) is 2.86. The fourth-order valence-electron chi connectivity index (χ4n) is 0.821. The lowest BCUT2D eigenvalue weighted by molar-refractivity contribution is 0.235. The lowest BCUT2D eigenvalue weighted by Crippen LogP contribution is -2.12. The van der Waals surface area contributed by atoms with Crippen LogP contribution >= 0.6 is 0 Å². The molecule has 0 aromatic heterocycles. The topological polar surface area (TPSA) is 20.2 Å². The Bertz CT molecular complexity index is 48.1. The molecule has 0 spiro atoms. The van der Waals surface area contributed by atoms with E-state index in [4.69, 9.17) is 5.11 Å². The van der Waals surface area contributed by atoms with Gasteiger partial charge in [-0.05, 0) is 31.6 Å². The SMILES string of the molecule is OCCC1C[CH]C1. The Labute approximate surface area is 44.4 Å². The van der Waals surface area contributed by atoms with Crippen molar-refractivity contribution in [1.29, 1.82) is 0 Å². The van der Waals surface area contributed by atoms with Gasteiger partial charge in [0.15, 0.2) is 0 Å². The largest absolute Gasteiger partial charge is 0.396 e. The lowest BCUT2D eigenvalue weighted by Gasteiger charge is -2.23. The van der Waals surface area contributed by atoms with Gasteiger partial charge in [-0.3, -0.25) is 0 Å². The van der Waals surface area contributed by atoms with Gasteiger partial charge in [0.05, 0.1) is 0 Å².